The molecule has 0 aliphatic carbocycles. The van der Waals surface area contributed by atoms with Gasteiger partial charge in [0, 0.05) is 24.1 Å². The van der Waals surface area contributed by atoms with Gasteiger partial charge in [-0.2, -0.15) is 0 Å². The Labute approximate surface area is 110 Å². The first kappa shape index (κ1) is 14.3. The van der Waals surface area contributed by atoms with Gasteiger partial charge in [0.2, 0.25) is 0 Å². The minimum absolute atomic E-state index is 0.0247. The second kappa shape index (κ2) is 4.76. The highest BCUT2D eigenvalue weighted by Crippen LogP contribution is 2.42. The lowest BCUT2D eigenvalue weighted by molar-refractivity contribution is 0.107. The molecule has 0 radical (unpaired) electrons. The van der Waals surface area contributed by atoms with Gasteiger partial charge in [-0.1, -0.05) is 0 Å². The van der Waals surface area contributed by atoms with E-state index < -0.39 is 9.84 Å². The molecule has 2 saturated heterocycles. The molecule has 1 N–H and O–H groups in total. The first-order valence-corrected chi connectivity index (χ1v) is 8.58. The van der Waals surface area contributed by atoms with Crippen LogP contribution in [0.5, 0.6) is 0 Å². The molecule has 2 unspecified atom stereocenters. The van der Waals surface area contributed by atoms with Gasteiger partial charge in [-0.15, -0.1) is 0 Å². The van der Waals surface area contributed by atoms with Crippen molar-refractivity contribution in [1.29, 1.82) is 0 Å². The Morgan fingerprint density at radius 2 is 2.11 bits per heavy atom. The lowest BCUT2D eigenvalue weighted by Crippen LogP contribution is -2.47. The summed E-state index contributed by atoms with van der Waals surface area (Å²) >= 11 is 0. The average molecular weight is 275 g/mol. The third kappa shape index (κ3) is 3.25. The van der Waals surface area contributed by atoms with Crippen LogP contribution in [-0.4, -0.2) is 45.2 Å². The highest BCUT2D eigenvalue weighted by Gasteiger charge is 2.47. The predicted molar refractivity (Wildman–Crippen MR) is 72.4 cm³/mol. The van der Waals surface area contributed by atoms with Crippen LogP contribution < -0.4 is 5.32 Å². The number of ether oxygens (including phenoxy) is 1. The Hall–Kier alpha value is -0.130. The van der Waals surface area contributed by atoms with E-state index >= 15 is 0 Å². The minimum atomic E-state index is -2.81. The molecule has 2 aliphatic rings. The summed E-state index contributed by atoms with van der Waals surface area (Å²) < 4.78 is 28.9. The van der Waals surface area contributed by atoms with E-state index in [0.29, 0.717) is 18.1 Å². The molecular formula is C13H25NO3S. The van der Waals surface area contributed by atoms with Crippen molar-refractivity contribution in [2.75, 3.05) is 31.3 Å². The Morgan fingerprint density at radius 3 is 2.56 bits per heavy atom. The van der Waals surface area contributed by atoms with Crippen molar-refractivity contribution in [2.24, 2.45) is 11.3 Å². The average Bonchev–Trinajstić information content (AvgIpc) is 2.81. The zero-order chi connectivity index (χ0) is 13.4. The number of hydrogen-bond acceptors (Lipinski definition) is 4. The van der Waals surface area contributed by atoms with Crippen LogP contribution in [0.1, 0.15) is 33.6 Å². The Kier molecular flexibility index (Phi) is 3.78. The summed E-state index contributed by atoms with van der Waals surface area (Å²) in [7, 11) is -2.81. The van der Waals surface area contributed by atoms with Gasteiger partial charge in [0.05, 0.1) is 18.1 Å². The zero-order valence-electron chi connectivity index (χ0n) is 11.7. The quantitative estimate of drug-likeness (QED) is 0.841. The molecular weight excluding hydrogens is 250 g/mol. The summed E-state index contributed by atoms with van der Waals surface area (Å²) in [6, 6.07) is 0. The van der Waals surface area contributed by atoms with E-state index in [4.69, 9.17) is 4.74 Å². The van der Waals surface area contributed by atoms with E-state index in [-0.39, 0.29) is 16.9 Å². The molecule has 0 aromatic rings. The van der Waals surface area contributed by atoms with Crippen molar-refractivity contribution in [3.63, 3.8) is 0 Å². The van der Waals surface area contributed by atoms with Crippen molar-refractivity contribution < 1.29 is 13.2 Å². The highest BCUT2D eigenvalue weighted by molar-refractivity contribution is 7.91. The third-order valence-electron chi connectivity index (χ3n) is 4.20. The molecule has 4 nitrogen and oxygen atoms in total. The maximum absolute atomic E-state index is 11.7. The van der Waals surface area contributed by atoms with Gasteiger partial charge in [-0.3, -0.25) is 0 Å². The number of sulfone groups is 1. The molecule has 0 spiro atoms. The number of hydrogen-bond donors (Lipinski definition) is 1. The van der Waals surface area contributed by atoms with Crippen LogP contribution in [0.2, 0.25) is 0 Å². The van der Waals surface area contributed by atoms with Gasteiger partial charge >= 0.3 is 0 Å². The maximum atomic E-state index is 11.7. The molecule has 18 heavy (non-hydrogen) atoms. The Bertz CT molecular complexity index is 391. The van der Waals surface area contributed by atoms with Crippen molar-refractivity contribution in [2.45, 2.75) is 39.2 Å². The van der Waals surface area contributed by atoms with E-state index in [9.17, 15) is 8.42 Å². The van der Waals surface area contributed by atoms with Gasteiger partial charge in [0.15, 0.2) is 9.84 Å². The van der Waals surface area contributed by atoms with Crippen molar-refractivity contribution >= 4 is 9.84 Å². The van der Waals surface area contributed by atoms with Crippen LogP contribution in [0.15, 0.2) is 0 Å². The smallest absolute Gasteiger partial charge is 0.150 e. The van der Waals surface area contributed by atoms with Crippen molar-refractivity contribution in [3.8, 4) is 0 Å². The van der Waals surface area contributed by atoms with Gasteiger partial charge < -0.3 is 10.1 Å². The number of rotatable bonds is 3. The summed E-state index contributed by atoms with van der Waals surface area (Å²) in [5.74, 6) is 0.969. The van der Waals surface area contributed by atoms with E-state index in [0.717, 1.165) is 26.0 Å². The van der Waals surface area contributed by atoms with Crippen LogP contribution in [-0.2, 0) is 14.6 Å². The van der Waals surface area contributed by atoms with Crippen LogP contribution in [0.25, 0.3) is 0 Å². The fraction of sp³-hybridized carbons (Fsp3) is 1.00. The normalized spacial score (nSPS) is 36.1. The molecule has 2 heterocycles. The van der Waals surface area contributed by atoms with Gasteiger partial charge in [0.1, 0.15) is 0 Å². The molecule has 0 aromatic carbocycles. The number of nitrogens with one attached hydrogen (secondary N) is 1. The second-order valence-corrected chi connectivity index (χ2v) is 9.10. The molecule has 106 valence electrons. The van der Waals surface area contributed by atoms with E-state index in [1.165, 1.54) is 0 Å². The van der Waals surface area contributed by atoms with Gasteiger partial charge in [0.25, 0.3) is 0 Å². The first-order valence-electron chi connectivity index (χ1n) is 6.76. The maximum Gasteiger partial charge on any atom is 0.150 e. The third-order valence-corrected chi connectivity index (χ3v) is 5.97. The summed E-state index contributed by atoms with van der Waals surface area (Å²) in [5.41, 5.74) is 0.0872. The summed E-state index contributed by atoms with van der Waals surface area (Å²) in [5, 5.41) is 3.53. The monoisotopic (exact) mass is 275 g/mol. The minimum Gasteiger partial charge on any atom is -0.381 e. The topological polar surface area (TPSA) is 55.4 Å². The molecule has 2 atom stereocenters. The standard InChI is InChI=1S/C13H25NO3S/c1-12(2,3)14-9-13(5-6-17-10-13)11-4-7-18(15,16)8-11/h11,14H,4-10H2,1-3H3. The van der Waals surface area contributed by atoms with Gasteiger partial charge in [-0.05, 0) is 39.5 Å². The van der Waals surface area contributed by atoms with Crippen LogP contribution in [0.3, 0.4) is 0 Å². The lowest BCUT2D eigenvalue weighted by Gasteiger charge is -2.36. The predicted octanol–water partition coefficient (Wildman–Crippen LogP) is 1.22. The Balaban J connectivity index is 2.08. The van der Waals surface area contributed by atoms with Crippen molar-refractivity contribution in [1.82, 2.24) is 5.32 Å². The molecule has 0 saturated carbocycles. The Morgan fingerprint density at radius 1 is 1.39 bits per heavy atom. The van der Waals surface area contributed by atoms with Gasteiger partial charge in [-0.25, -0.2) is 8.42 Å². The molecule has 0 aromatic heterocycles. The SMILES string of the molecule is CC(C)(C)NCC1(C2CCS(=O)(=O)C2)CCOC1. The molecule has 0 amide bonds. The summed E-state index contributed by atoms with van der Waals surface area (Å²) in [4.78, 5) is 0. The molecule has 5 heteroatoms. The van der Waals surface area contributed by atoms with E-state index in [1.807, 2.05) is 0 Å². The first-order chi connectivity index (χ1) is 8.23. The zero-order valence-corrected chi connectivity index (χ0v) is 12.5. The molecule has 2 rings (SSSR count). The van der Waals surface area contributed by atoms with E-state index in [2.05, 4.69) is 26.1 Å². The van der Waals surface area contributed by atoms with Crippen LogP contribution in [0, 0.1) is 11.3 Å². The van der Waals surface area contributed by atoms with Crippen molar-refractivity contribution in [3.05, 3.63) is 0 Å². The fourth-order valence-electron chi connectivity index (χ4n) is 2.95. The summed E-state index contributed by atoms with van der Waals surface area (Å²) in [6.45, 7) is 8.75. The fourth-order valence-corrected chi connectivity index (χ4v) is 4.89. The van der Waals surface area contributed by atoms with Crippen LogP contribution >= 0.6 is 0 Å². The molecule has 0 bridgehead atoms. The summed E-state index contributed by atoms with van der Waals surface area (Å²) in [6.07, 6.45) is 1.79. The van der Waals surface area contributed by atoms with Crippen LogP contribution in [0.4, 0.5) is 0 Å². The highest BCUT2D eigenvalue weighted by atomic mass is 32.2. The molecule has 2 aliphatic heterocycles. The molecule has 2 fully saturated rings. The lowest BCUT2D eigenvalue weighted by atomic mass is 9.74. The van der Waals surface area contributed by atoms with E-state index in [1.54, 1.807) is 0 Å². The second-order valence-electron chi connectivity index (χ2n) is 6.87. The largest absolute Gasteiger partial charge is 0.381 e.